The van der Waals surface area contributed by atoms with Crippen LogP contribution in [0.25, 0.3) is 0 Å². The molecule has 1 amide bonds. The van der Waals surface area contributed by atoms with Gasteiger partial charge in [0.25, 0.3) is 0 Å². The first-order valence-electron chi connectivity index (χ1n) is 6.80. The van der Waals surface area contributed by atoms with Crippen molar-refractivity contribution >= 4 is 35.0 Å². The monoisotopic (exact) mass is 319 g/mol. The van der Waals surface area contributed by atoms with Crippen LogP contribution < -0.4 is 5.32 Å². The summed E-state index contributed by atoms with van der Waals surface area (Å²) in [5.41, 5.74) is 3.23. The molecule has 0 spiro atoms. The number of para-hydroxylation sites is 1. The fourth-order valence-electron chi connectivity index (χ4n) is 1.84. The van der Waals surface area contributed by atoms with Crippen molar-refractivity contribution in [3.05, 3.63) is 58.6 Å². The fraction of sp³-hybridized carbons (Fsp3) is 0.235. The number of halogens is 1. The molecule has 0 saturated heterocycles. The van der Waals surface area contributed by atoms with Crippen LogP contribution in [0.3, 0.4) is 0 Å². The Labute approximate surface area is 134 Å². The molecule has 0 aliphatic carbocycles. The Balaban J connectivity index is 1.82. The number of aryl methyl sites for hydroxylation is 2. The summed E-state index contributed by atoms with van der Waals surface area (Å²) in [5, 5.41) is 3.40. The summed E-state index contributed by atoms with van der Waals surface area (Å²) in [6.45, 7) is 4.20. The highest BCUT2D eigenvalue weighted by Gasteiger charge is 2.06. The van der Waals surface area contributed by atoms with Gasteiger partial charge < -0.3 is 5.32 Å². The SMILES string of the molecule is Cc1ccc(SCCC(=O)Nc2ccccc2Cl)cc1C. The zero-order chi connectivity index (χ0) is 15.2. The van der Waals surface area contributed by atoms with Gasteiger partial charge in [0.1, 0.15) is 0 Å². The first-order valence-corrected chi connectivity index (χ1v) is 8.17. The topological polar surface area (TPSA) is 29.1 Å². The van der Waals surface area contributed by atoms with Crippen molar-refractivity contribution in [1.29, 1.82) is 0 Å². The summed E-state index contributed by atoms with van der Waals surface area (Å²) in [5.74, 6) is 0.734. The van der Waals surface area contributed by atoms with Crippen LogP contribution in [0, 0.1) is 13.8 Å². The van der Waals surface area contributed by atoms with Crippen LogP contribution in [0.4, 0.5) is 5.69 Å². The molecule has 1 N–H and O–H groups in total. The summed E-state index contributed by atoms with van der Waals surface area (Å²) in [7, 11) is 0. The Bertz CT molecular complexity index is 642. The van der Waals surface area contributed by atoms with Gasteiger partial charge in [-0.3, -0.25) is 4.79 Å². The van der Waals surface area contributed by atoms with Gasteiger partial charge in [-0.15, -0.1) is 11.8 Å². The molecule has 0 bridgehead atoms. The first-order chi connectivity index (χ1) is 10.1. The zero-order valence-electron chi connectivity index (χ0n) is 12.2. The maximum absolute atomic E-state index is 11.9. The zero-order valence-corrected chi connectivity index (χ0v) is 13.7. The Morgan fingerprint density at radius 1 is 1.14 bits per heavy atom. The molecule has 0 heterocycles. The van der Waals surface area contributed by atoms with Crippen molar-refractivity contribution in [3.8, 4) is 0 Å². The number of benzene rings is 2. The minimum Gasteiger partial charge on any atom is -0.325 e. The predicted molar refractivity (Wildman–Crippen MR) is 91.3 cm³/mol. The highest BCUT2D eigenvalue weighted by atomic mass is 35.5. The van der Waals surface area contributed by atoms with Gasteiger partial charge >= 0.3 is 0 Å². The van der Waals surface area contributed by atoms with E-state index in [1.165, 1.54) is 16.0 Å². The second-order valence-electron chi connectivity index (χ2n) is 4.87. The molecule has 0 atom stereocenters. The summed E-state index contributed by atoms with van der Waals surface area (Å²) in [4.78, 5) is 13.1. The van der Waals surface area contributed by atoms with E-state index in [9.17, 15) is 4.79 Å². The van der Waals surface area contributed by atoms with Crippen LogP contribution in [0.5, 0.6) is 0 Å². The van der Waals surface area contributed by atoms with E-state index in [2.05, 4.69) is 37.4 Å². The van der Waals surface area contributed by atoms with Gasteiger partial charge in [0, 0.05) is 17.1 Å². The quantitative estimate of drug-likeness (QED) is 0.779. The van der Waals surface area contributed by atoms with Crippen molar-refractivity contribution in [2.24, 2.45) is 0 Å². The minimum atomic E-state index is -0.0144. The van der Waals surface area contributed by atoms with E-state index in [4.69, 9.17) is 11.6 Å². The molecule has 2 nitrogen and oxygen atoms in total. The maximum Gasteiger partial charge on any atom is 0.225 e. The second-order valence-corrected chi connectivity index (χ2v) is 6.45. The number of rotatable bonds is 5. The molecule has 4 heteroatoms. The lowest BCUT2D eigenvalue weighted by molar-refractivity contribution is -0.115. The van der Waals surface area contributed by atoms with Crippen LogP contribution in [0.1, 0.15) is 17.5 Å². The van der Waals surface area contributed by atoms with Gasteiger partial charge in [0.05, 0.1) is 10.7 Å². The predicted octanol–water partition coefficient (Wildman–Crippen LogP) is 5.08. The second kappa shape index (κ2) is 7.53. The van der Waals surface area contributed by atoms with Crippen LogP contribution in [0.2, 0.25) is 5.02 Å². The number of carbonyl (C=O) groups excluding carboxylic acids is 1. The van der Waals surface area contributed by atoms with Crippen molar-refractivity contribution in [2.45, 2.75) is 25.2 Å². The van der Waals surface area contributed by atoms with Crippen LogP contribution in [-0.2, 0) is 4.79 Å². The standard InChI is InChI=1S/C17H18ClNOS/c1-12-7-8-14(11-13(12)2)21-10-9-17(20)19-16-6-4-3-5-15(16)18/h3-8,11H,9-10H2,1-2H3,(H,19,20). The molecule has 21 heavy (non-hydrogen) atoms. The Kier molecular flexibility index (Phi) is 5.71. The molecule has 2 aromatic carbocycles. The first kappa shape index (κ1) is 15.9. The molecular weight excluding hydrogens is 302 g/mol. The molecule has 0 unspecified atom stereocenters. The van der Waals surface area contributed by atoms with Crippen molar-refractivity contribution in [2.75, 3.05) is 11.1 Å². The van der Waals surface area contributed by atoms with E-state index in [0.717, 1.165) is 5.75 Å². The normalized spacial score (nSPS) is 10.4. The van der Waals surface area contributed by atoms with Crippen molar-refractivity contribution in [1.82, 2.24) is 0 Å². The van der Waals surface area contributed by atoms with Crippen molar-refractivity contribution < 1.29 is 4.79 Å². The summed E-state index contributed by atoms with van der Waals surface area (Å²) in [6, 6.07) is 13.6. The van der Waals surface area contributed by atoms with E-state index < -0.39 is 0 Å². The average molecular weight is 320 g/mol. The number of carbonyl (C=O) groups is 1. The number of nitrogens with one attached hydrogen (secondary N) is 1. The summed E-state index contributed by atoms with van der Waals surface area (Å²) >= 11 is 7.70. The molecular formula is C17H18ClNOS. The van der Waals surface area contributed by atoms with E-state index in [0.29, 0.717) is 17.1 Å². The smallest absolute Gasteiger partial charge is 0.225 e. The van der Waals surface area contributed by atoms with Gasteiger partial charge in [-0.25, -0.2) is 0 Å². The number of hydrogen-bond donors (Lipinski definition) is 1. The molecule has 0 aliphatic rings. The lowest BCUT2D eigenvalue weighted by Gasteiger charge is -2.07. The van der Waals surface area contributed by atoms with Gasteiger partial charge in [0.2, 0.25) is 5.91 Å². The lowest BCUT2D eigenvalue weighted by Crippen LogP contribution is -2.12. The van der Waals surface area contributed by atoms with E-state index in [1.54, 1.807) is 23.9 Å². The Hall–Kier alpha value is -1.45. The van der Waals surface area contributed by atoms with E-state index in [1.807, 2.05) is 12.1 Å². The Morgan fingerprint density at radius 2 is 1.90 bits per heavy atom. The third kappa shape index (κ3) is 4.80. The van der Waals surface area contributed by atoms with Crippen LogP contribution in [0.15, 0.2) is 47.4 Å². The molecule has 0 aromatic heterocycles. The molecule has 0 aliphatic heterocycles. The average Bonchev–Trinajstić information content (AvgIpc) is 2.45. The fourth-order valence-corrected chi connectivity index (χ4v) is 2.97. The van der Waals surface area contributed by atoms with Gasteiger partial charge in [0.15, 0.2) is 0 Å². The molecule has 0 saturated carbocycles. The van der Waals surface area contributed by atoms with E-state index in [-0.39, 0.29) is 5.91 Å². The largest absolute Gasteiger partial charge is 0.325 e. The number of anilines is 1. The highest BCUT2D eigenvalue weighted by molar-refractivity contribution is 7.99. The molecule has 0 fully saturated rings. The van der Waals surface area contributed by atoms with Gasteiger partial charge in [-0.05, 0) is 49.2 Å². The van der Waals surface area contributed by atoms with E-state index >= 15 is 0 Å². The molecule has 2 rings (SSSR count). The Morgan fingerprint density at radius 3 is 2.62 bits per heavy atom. The van der Waals surface area contributed by atoms with Gasteiger partial charge in [-0.2, -0.15) is 0 Å². The number of hydrogen-bond acceptors (Lipinski definition) is 2. The highest BCUT2D eigenvalue weighted by Crippen LogP contribution is 2.23. The molecule has 2 aromatic rings. The summed E-state index contributed by atoms with van der Waals surface area (Å²) < 4.78 is 0. The number of amides is 1. The van der Waals surface area contributed by atoms with Crippen LogP contribution >= 0.6 is 23.4 Å². The maximum atomic E-state index is 11.9. The van der Waals surface area contributed by atoms with Crippen LogP contribution in [-0.4, -0.2) is 11.7 Å². The lowest BCUT2D eigenvalue weighted by atomic mass is 10.1. The van der Waals surface area contributed by atoms with Crippen molar-refractivity contribution in [3.63, 3.8) is 0 Å². The minimum absolute atomic E-state index is 0.0144. The summed E-state index contributed by atoms with van der Waals surface area (Å²) in [6.07, 6.45) is 0.461. The third-order valence-electron chi connectivity index (χ3n) is 3.22. The van der Waals surface area contributed by atoms with Gasteiger partial charge in [-0.1, -0.05) is 29.8 Å². The molecule has 0 radical (unpaired) electrons. The third-order valence-corrected chi connectivity index (χ3v) is 4.55. The number of thioether (sulfide) groups is 1. The molecule has 110 valence electrons.